The van der Waals surface area contributed by atoms with Crippen molar-refractivity contribution in [3.8, 4) is 5.88 Å². The van der Waals surface area contributed by atoms with E-state index >= 15 is 0 Å². The van der Waals surface area contributed by atoms with Gasteiger partial charge < -0.3 is 20.4 Å². The van der Waals surface area contributed by atoms with Crippen LogP contribution < -0.4 is 5.32 Å². The molecule has 3 N–H and O–H groups in total. The number of aliphatic hydroxyl groups is 1. The Hall–Kier alpha value is -1.94. The molecule has 1 aliphatic heterocycles. The van der Waals surface area contributed by atoms with Gasteiger partial charge in [0.05, 0.1) is 11.5 Å². The van der Waals surface area contributed by atoms with Crippen LogP contribution in [0.2, 0.25) is 5.02 Å². The minimum absolute atomic E-state index is 0.0656. The van der Waals surface area contributed by atoms with Crippen LogP contribution in [-0.4, -0.2) is 50.2 Å². The molecule has 1 aromatic heterocycles. The van der Waals surface area contributed by atoms with Gasteiger partial charge in [0, 0.05) is 24.5 Å². The molecule has 0 spiro atoms. The fourth-order valence-electron chi connectivity index (χ4n) is 2.94. The molecule has 27 heavy (non-hydrogen) atoms. The molecule has 0 radical (unpaired) electrons. The van der Waals surface area contributed by atoms with Crippen molar-refractivity contribution in [3.63, 3.8) is 0 Å². The number of nitrogens with one attached hydrogen (secondary N) is 1. The van der Waals surface area contributed by atoms with Crippen LogP contribution in [0.5, 0.6) is 5.88 Å². The highest BCUT2D eigenvalue weighted by atomic mass is 35.5. The smallest absolute Gasteiger partial charge is 0.243 e. The first-order chi connectivity index (χ1) is 12.8. The van der Waals surface area contributed by atoms with Gasteiger partial charge in [-0.15, -0.1) is 11.3 Å². The number of benzene rings is 1. The monoisotopic (exact) mass is 427 g/mol. The number of carbonyl (C=O) groups is 2. The van der Waals surface area contributed by atoms with E-state index in [9.17, 15) is 19.8 Å². The van der Waals surface area contributed by atoms with Crippen LogP contribution in [0.15, 0.2) is 29.6 Å². The summed E-state index contributed by atoms with van der Waals surface area (Å²) in [5.41, 5.74) is 0.874. The predicted molar refractivity (Wildman–Crippen MR) is 104 cm³/mol. The maximum absolute atomic E-state index is 12.6. The summed E-state index contributed by atoms with van der Waals surface area (Å²) in [4.78, 5) is 26.5. The summed E-state index contributed by atoms with van der Waals surface area (Å²) < 4.78 is 1.67. The number of nitrogens with zero attached hydrogens (tertiary/aromatic N) is 2. The topological polar surface area (TPSA) is 94.8 Å². The van der Waals surface area contributed by atoms with E-state index in [2.05, 4.69) is 5.32 Å². The fraction of sp³-hybridized carbons (Fsp3) is 0.353. The highest BCUT2D eigenvalue weighted by Gasteiger charge is 2.38. The molecular weight excluding hydrogens is 410 g/mol. The number of thiazole rings is 1. The molecule has 2 atom stereocenters. The highest BCUT2D eigenvalue weighted by molar-refractivity contribution is 7.73. The summed E-state index contributed by atoms with van der Waals surface area (Å²) in [7, 11) is 0. The van der Waals surface area contributed by atoms with Crippen LogP contribution in [0.25, 0.3) is 0 Å². The number of aliphatic hydroxyl groups excluding tert-OH is 1. The second kappa shape index (κ2) is 8.39. The third-order valence-electron chi connectivity index (χ3n) is 4.34. The van der Waals surface area contributed by atoms with Crippen LogP contribution in [0.3, 0.4) is 0 Å². The van der Waals surface area contributed by atoms with Crippen molar-refractivity contribution >= 4 is 47.0 Å². The van der Waals surface area contributed by atoms with E-state index in [1.54, 1.807) is 24.3 Å². The predicted octanol–water partition coefficient (Wildman–Crippen LogP) is 1.92. The van der Waals surface area contributed by atoms with Gasteiger partial charge in [-0.2, -0.15) is 0 Å². The number of halogens is 1. The normalized spacial score (nSPS) is 19.3. The van der Waals surface area contributed by atoms with Gasteiger partial charge >= 0.3 is 0 Å². The van der Waals surface area contributed by atoms with Crippen molar-refractivity contribution < 1.29 is 19.8 Å². The standard InChI is InChI=1S/C17H18ClN3O4S2/c18-11-3-1-10(2-4-11)6-19-16(25)13-5-12(22)7-20(13)14(23)8-21-15(24)9-27-17(21)26/h1-4,9,12-13,22,24H,5-8H2,(H,19,25)/t12-,13+/m1/s1. The van der Waals surface area contributed by atoms with Crippen LogP contribution in [0.4, 0.5) is 0 Å². The molecule has 2 amide bonds. The molecule has 0 bridgehead atoms. The molecular formula is C17H18ClN3O4S2. The number of rotatable bonds is 5. The number of hydrogen-bond acceptors (Lipinski definition) is 6. The van der Waals surface area contributed by atoms with Crippen LogP contribution in [0.1, 0.15) is 12.0 Å². The average Bonchev–Trinajstić information content (AvgIpc) is 3.18. The number of aromatic hydroxyl groups is 1. The van der Waals surface area contributed by atoms with E-state index in [-0.39, 0.29) is 37.2 Å². The molecule has 1 aromatic carbocycles. The Morgan fingerprint density at radius 3 is 2.67 bits per heavy atom. The van der Waals surface area contributed by atoms with Crippen molar-refractivity contribution in [1.82, 2.24) is 14.8 Å². The quantitative estimate of drug-likeness (QED) is 0.634. The first-order valence-corrected chi connectivity index (χ1v) is 9.88. The first kappa shape index (κ1) is 19.8. The minimum Gasteiger partial charge on any atom is -0.494 e. The maximum atomic E-state index is 12.6. The second-order valence-electron chi connectivity index (χ2n) is 6.24. The lowest BCUT2D eigenvalue weighted by atomic mass is 10.1. The van der Waals surface area contributed by atoms with E-state index in [0.29, 0.717) is 15.5 Å². The van der Waals surface area contributed by atoms with Crippen molar-refractivity contribution in [2.75, 3.05) is 6.54 Å². The number of amides is 2. The molecule has 2 heterocycles. The lowest BCUT2D eigenvalue weighted by Crippen LogP contribution is -2.46. The number of carbonyl (C=O) groups excluding carboxylic acids is 2. The molecule has 1 aliphatic rings. The largest absolute Gasteiger partial charge is 0.494 e. The lowest BCUT2D eigenvalue weighted by molar-refractivity contribution is -0.139. The van der Waals surface area contributed by atoms with Crippen LogP contribution in [-0.2, 0) is 22.7 Å². The number of aromatic nitrogens is 1. The van der Waals surface area contributed by atoms with Gasteiger partial charge in [0.1, 0.15) is 12.6 Å². The summed E-state index contributed by atoms with van der Waals surface area (Å²) in [6.07, 6.45) is -0.608. The van der Waals surface area contributed by atoms with Crippen molar-refractivity contribution in [2.24, 2.45) is 0 Å². The van der Waals surface area contributed by atoms with Gasteiger partial charge in [0.2, 0.25) is 17.7 Å². The van der Waals surface area contributed by atoms with E-state index in [1.807, 2.05) is 0 Å². The van der Waals surface area contributed by atoms with Crippen molar-refractivity contribution in [1.29, 1.82) is 0 Å². The zero-order valence-corrected chi connectivity index (χ0v) is 16.6. The maximum Gasteiger partial charge on any atom is 0.243 e. The van der Waals surface area contributed by atoms with E-state index in [0.717, 1.165) is 16.9 Å². The summed E-state index contributed by atoms with van der Waals surface area (Å²) in [6.45, 7) is 0.180. The Morgan fingerprint density at radius 1 is 1.33 bits per heavy atom. The molecule has 144 valence electrons. The molecule has 0 aliphatic carbocycles. The first-order valence-electron chi connectivity index (χ1n) is 8.22. The Balaban J connectivity index is 1.65. The SMILES string of the molecule is O=C(NCc1ccc(Cl)cc1)[C@@H]1C[C@@H](O)CN1C(=O)Cn1c(O)csc1=S. The summed E-state index contributed by atoms with van der Waals surface area (Å²) in [5, 5.41) is 24.6. The Kier molecular flexibility index (Phi) is 6.15. The summed E-state index contributed by atoms with van der Waals surface area (Å²) in [6, 6.07) is 6.30. The Bertz CT molecular complexity index is 896. The van der Waals surface area contributed by atoms with Crippen molar-refractivity contribution in [3.05, 3.63) is 44.2 Å². The third kappa shape index (κ3) is 4.67. The molecule has 7 nitrogen and oxygen atoms in total. The van der Waals surface area contributed by atoms with Gasteiger partial charge in [-0.1, -0.05) is 23.7 Å². The highest BCUT2D eigenvalue weighted by Crippen LogP contribution is 2.22. The van der Waals surface area contributed by atoms with E-state index in [4.69, 9.17) is 23.8 Å². The minimum atomic E-state index is -0.774. The van der Waals surface area contributed by atoms with Gasteiger partial charge in [-0.05, 0) is 29.9 Å². The van der Waals surface area contributed by atoms with Gasteiger partial charge in [0.15, 0.2) is 3.95 Å². The number of hydrogen-bond donors (Lipinski definition) is 3. The molecule has 0 saturated carbocycles. The molecule has 1 saturated heterocycles. The molecule has 2 aromatic rings. The van der Waals surface area contributed by atoms with Gasteiger partial charge in [0.25, 0.3) is 0 Å². The molecule has 10 heteroatoms. The molecule has 0 unspecified atom stereocenters. The fourth-order valence-corrected chi connectivity index (χ4v) is 3.99. The van der Waals surface area contributed by atoms with E-state index < -0.39 is 12.1 Å². The zero-order chi connectivity index (χ0) is 19.6. The number of β-amino-alcohol motifs (C(OH)–C–C–N with tert-alkyl or cyclic N) is 1. The Labute approximate surface area is 169 Å². The number of likely N-dealkylation sites (tertiary alicyclic amines) is 1. The molecule has 1 fully saturated rings. The lowest BCUT2D eigenvalue weighted by Gasteiger charge is -2.24. The van der Waals surface area contributed by atoms with Gasteiger partial charge in [-0.3, -0.25) is 14.2 Å². The second-order valence-corrected chi connectivity index (χ2v) is 8.18. The zero-order valence-electron chi connectivity index (χ0n) is 14.2. The summed E-state index contributed by atoms with van der Waals surface area (Å²) in [5.74, 6) is -0.821. The third-order valence-corrected chi connectivity index (χ3v) is 5.85. The van der Waals surface area contributed by atoms with E-state index in [1.165, 1.54) is 14.8 Å². The summed E-state index contributed by atoms with van der Waals surface area (Å²) >= 11 is 12.1. The Morgan fingerprint density at radius 2 is 2.04 bits per heavy atom. The van der Waals surface area contributed by atoms with Crippen molar-refractivity contribution in [2.45, 2.75) is 31.7 Å². The van der Waals surface area contributed by atoms with Crippen LogP contribution in [0, 0.1) is 3.95 Å². The molecule has 3 rings (SSSR count). The van der Waals surface area contributed by atoms with Crippen LogP contribution >= 0.6 is 35.2 Å². The average molecular weight is 428 g/mol. The van der Waals surface area contributed by atoms with Gasteiger partial charge in [-0.25, -0.2) is 0 Å².